The van der Waals surface area contributed by atoms with E-state index in [9.17, 15) is 10.2 Å². The molecular formula is C50H48N8O2S5. The van der Waals surface area contributed by atoms with Crippen LogP contribution >= 0.6 is 58.4 Å². The van der Waals surface area contributed by atoms with Gasteiger partial charge in [-0.25, -0.2) is 0 Å². The Morgan fingerprint density at radius 3 is 1.37 bits per heavy atom. The van der Waals surface area contributed by atoms with Crippen molar-refractivity contribution in [2.75, 3.05) is 57.5 Å². The van der Waals surface area contributed by atoms with Gasteiger partial charge in [-0.05, 0) is 97.8 Å². The Morgan fingerprint density at radius 2 is 0.938 bits per heavy atom. The molecule has 0 spiro atoms. The van der Waals surface area contributed by atoms with Crippen LogP contribution in [-0.2, 0) is 0 Å². The fourth-order valence-electron chi connectivity index (χ4n) is 7.61. The number of aromatic nitrogens is 2. The van der Waals surface area contributed by atoms with Gasteiger partial charge in [-0.1, -0.05) is 131 Å². The standard InChI is InChI=1S/C50H48N8O2S5/c1-3-55-41-19-11-13-21-45(41)63-47-27-35(23-25-43(47)55)29-51-57(37-15-7-5-8-16-37)31-39(59)33-61-49-53-54-50(65-49)62-34-40(60)32-58(38-17-9-6-10-18-38)52-30-36-24-26-44-48(28-36)64-46-22-14-12-20-42(46)56(44)4-2/h5-30,39-40,59-60H,3-4,31-34H2,1-2H3. The molecule has 2 aliphatic heterocycles. The molecule has 0 bridgehead atoms. The number of rotatable bonds is 18. The van der Waals surface area contributed by atoms with E-state index in [1.165, 1.54) is 77.2 Å². The van der Waals surface area contributed by atoms with Gasteiger partial charge in [0.15, 0.2) is 8.68 Å². The molecule has 3 heterocycles. The Hall–Kier alpha value is -5.26. The van der Waals surface area contributed by atoms with E-state index in [-0.39, 0.29) is 0 Å². The van der Waals surface area contributed by atoms with Gasteiger partial charge in [0.1, 0.15) is 0 Å². The summed E-state index contributed by atoms with van der Waals surface area (Å²) in [5, 5.41) is 44.8. The number of benzene rings is 6. The summed E-state index contributed by atoms with van der Waals surface area (Å²) in [6.45, 7) is 6.72. The molecule has 7 aromatic rings. The summed E-state index contributed by atoms with van der Waals surface area (Å²) in [6.07, 6.45) is 2.35. The van der Waals surface area contributed by atoms with Crippen LogP contribution in [0.1, 0.15) is 25.0 Å². The summed E-state index contributed by atoms with van der Waals surface area (Å²) in [5.41, 5.74) is 8.62. The van der Waals surface area contributed by atoms with Crippen LogP contribution in [0.5, 0.6) is 0 Å². The smallest absolute Gasteiger partial charge is 0.175 e. The molecule has 65 heavy (non-hydrogen) atoms. The maximum Gasteiger partial charge on any atom is 0.175 e. The maximum atomic E-state index is 11.3. The van der Waals surface area contributed by atoms with Crippen LogP contribution in [0.2, 0.25) is 0 Å². The van der Waals surface area contributed by atoms with E-state index in [2.05, 4.69) is 119 Å². The lowest BCUT2D eigenvalue weighted by Crippen LogP contribution is -2.30. The van der Waals surface area contributed by atoms with Crippen LogP contribution in [-0.4, -0.2) is 82.7 Å². The average molecular weight is 953 g/mol. The normalized spacial score (nSPS) is 13.9. The number of aliphatic hydroxyl groups excluding tert-OH is 2. The molecule has 0 amide bonds. The summed E-state index contributed by atoms with van der Waals surface area (Å²) < 4.78 is 1.52. The number of anilines is 6. The Bertz CT molecular complexity index is 2570. The van der Waals surface area contributed by atoms with Crippen molar-refractivity contribution in [3.8, 4) is 0 Å². The molecule has 2 N–H and O–H groups in total. The Balaban J connectivity index is 0.794. The van der Waals surface area contributed by atoms with E-state index >= 15 is 0 Å². The first-order valence-electron chi connectivity index (χ1n) is 21.5. The first kappa shape index (κ1) is 44.9. The minimum absolute atomic E-state index is 0.300. The number of para-hydroxylation sites is 4. The predicted molar refractivity (Wildman–Crippen MR) is 276 cm³/mol. The lowest BCUT2D eigenvalue weighted by atomic mass is 10.1. The molecule has 2 unspecified atom stereocenters. The summed E-state index contributed by atoms with van der Waals surface area (Å²) >= 11 is 7.96. The second-order valence-electron chi connectivity index (χ2n) is 15.2. The lowest BCUT2D eigenvalue weighted by molar-refractivity contribution is 0.204. The van der Waals surface area contributed by atoms with Gasteiger partial charge >= 0.3 is 0 Å². The number of hydrazone groups is 2. The number of fused-ring (bicyclic) bond motifs is 4. The first-order chi connectivity index (χ1) is 31.9. The van der Waals surface area contributed by atoms with Gasteiger partial charge in [0, 0.05) is 44.2 Å². The molecule has 0 saturated heterocycles. The highest BCUT2D eigenvalue weighted by atomic mass is 32.2. The number of aliphatic hydroxyl groups is 2. The molecular weight excluding hydrogens is 905 g/mol. The highest BCUT2D eigenvalue weighted by Crippen LogP contribution is 2.49. The summed E-state index contributed by atoms with van der Waals surface area (Å²) in [5.74, 6) is 0.833. The molecule has 10 nitrogen and oxygen atoms in total. The molecule has 2 aliphatic rings. The Labute approximate surface area is 401 Å². The fourth-order valence-corrected chi connectivity index (χ4v) is 12.8. The quantitative estimate of drug-likeness (QED) is 0.0486. The van der Waals surface area contributed by atoms with Crippen LogP contribution < -0.4 is 19.8 Å². The van der Waals surface area contributed by atoms with Crippen LogP contribution in [0.3, 0.4) is 0 Å². The summed E-state index contributed by atoms with van der Waals surface area (Å²) in [6, 6.07) is 49.8. The van der Waals surface area contributed by atoms with Gasteiger partial charge in [0.2, 0.25) is 0 Å². The highest BCUT2D eigenvalue weighted by molar-refractivity contribution is 8.03. The van der Waals surface area contributed by atoms with Gasteiger partial charge in [0.25, 0.3) is 0 Å². The van der Waals surface area contributed by atoms with Gasteiger partial charge in [-0.15, -0.1) is 10.2 Å². The molecule has 15 heteroatoms. The van der Waals surface area contributed by atoms with E-state index in [0.29, 0.717) is 24.6 Å². The van der Waals surface area contributed by atoms with Crippen molar-refractivity contribution in [2.45, 2.75) is 54.3 Å². The van der Waals surface area contributed by atoms with Crippen molar-refractivity contribution in [3.05, 3.63) is 157 Å². The average Bonchev–Trinajstić information content (AvgIpc) is 3.82. The maximum absolute atomic E-state index is 11.3. The van der Waals surface area contributed by atoms with Crippen LogP contribution in [0.4, 0.5) is 34.1 Å². The largest absolute Gasteiger partial charge is 0.390 e. The summed E-state index contributed by atoms with van der Waals surface area (Å²) in [7, 11) is 0. The zero-order valence-corrected chi connectivity index (χ0v) is 40.0. The second kappa shape index (κ2) is 21.4. The van der Waals surface area contributed by atoms with Gasteiger partial charge in [0.05, 0.1) is 71.9 Å². The van der Waals surface area contributed by atoms with Crippen molar-refractivity contribution in [1.29, 1.82) is 0 Å². The fraction of sp³-hybridized carbons (Fsp3) is 0.200. The predicted octanol–water partition coefficient (Wildman–Crippen LogP) is 11.8. The third-order valence-corrected chi connectivity index (χ3v) is 16.4. The summed E-state index contributed by atoms with van der Waals surface area (Å²) in [4.78, 5) is 9.56. The lowest BCUT2D eigenvalue weighted by Gasteiger charge is -2.32. The van der Waals surface area contributed by atoms with Crippen LogP contribution in [0.15, 0.2) is 184 Å². The zero-order valence-electron chi connectivity index (χ0n) is 35.9. The van der Waals surface area contributed by atoms with E-state index in [4.69, 9.17) is 10.2 Å². The number of nitrogens with zero attached hydrogens (tertiary/aromatic N) is 8. The van der Waals surface area contributed by atoms with Crippen molar-refractivity contribution >= 4 is 105 Å². The van der Waals surface area contributed by atoms with E-state index in [0.717, 1.165) is 44.3 Å². The topological polar surface area (TPSA) is 104 Å². The minimum Gasteiger partial charge on any atom is -0.390 e. The molecule has 1 aromatic heterocycles. The first-order valence-corrected chi connectivity index (χ1v) is 25.9. The third kappa shape index (κ3) is 10.9. The molecule has 0 radical (unpaired) electrons. The monoisotopic (exact) mass is 952 g/mol. The van der Waals surface area contributed by atoms with E-state index in [1.54, 1.807) is 23.5 Å². The van der Waals surface area contributed by atoms with Crippen molar-refractivity contribution in [2.24, 2.45) is 10.2 Å². The van der Waals surface area contributed by atoms with E-state index in [1.807, 2.05) is 83.1 Å². The molecule has 0 fully saturated rings. The molecule has 330 valence electrons. The molecule has 0 saturated carbocycles. The number of thioether (sulfide) groups is 2. The number of hydrogen-bond donors (Lipinski definition) is 2. The minimum atomic E-state index is -0.694. The Kier molecular flexibility index (Phi) is 14.8. The number of hydrogen-bond acceptors (Lipinski definition) is 15. The second-order valence-corrected chi connectivity index (χ2v) is 20.8. The van der Waals surface area contributed by atoms with Crippen molar-refractivity contribution in [3.63, 3.8) is 0 Å². The SMILES string of the molecule is CCN1c2ccccc2Sc2cc(C=NN(CC(O)CSc3nnc(SCC(O)CN(N=Cc4ccc5c(c4)Sc4ccccc4N5CC)c4ccccc4)s3)c3ccccc3)ccc21. The van der Waals surface area contributed by atoms with Gasteiger partial charge in [-0.2, -0.15) is 10.2 Å². The third-order valence-electron chi connectivity index (χ3n) is 10.7. The van der Waals surface area contributed by atoms with Crippen LogP contribution in [0.25, 0.3) is 0 Å². The molecule has 6 aromatic carbocycles. The zero-order chi connectivity index (χ0) is 44.5. The van der Waals surface area contributed by atoms with E-state index < -0.39 is 12.2 Å². The van der Waals surface area contributed by atoms with Gasteiger partial charge in [-0.3, -0.25) is 10.0 Å². The molecule has 0 aliphatic carbocycles. The Morgan fingerprint density at radius 1 is 0.538 bits per heavy atom. The van der Waals surface area contributed by atoms with Crippen LogP contribution in [0, 0.1) is 0 Å². The van der Waals surface area contributed by atoms with Crippen molar-refractivity contribution < 1.29 is 10.2 Å². The molecule has 9 rings (SSSR count). The highest BCUT2D eigenvalue weighted by Gasteiger charge is 2.24. The van der Waals surface area contributed by atoms with Crippen molar-refractivity contribution in [1.82, 2.24) is 10.2 Å². The molecule has 2 atom stereocenters. The van der Waals surface area contributed by atoms with Gasteiger partial charge < -0.3 is 20.0 Å².